The van der Waals surface area contributed by atoms with Gasteiger partial charge < -0.3 is 10.5 Å². The average Bonchev–Trinajstić information content (AvgIpc) is 2.77. The van der Waals surface area contributed by atoms with Crippen molar-refractivity contribution in [2.75, 3.05) is 7.11 Å². The minimum atomic E-state index is 0.423. The number of rotatable bonds is 2. The molecule has 0 spiro atoms. The number of hydrogen-bond donors (Lipinski definition) is 1. The Hall–Kier alpha value is -1.06. The summed E-state index contributed by atoms with van der Waals surface area (Å²) in [5.41, 5.74) is 9.29. The molecule has 2 bridgehead atoms. The van der Waals surface area contributed by atoms with Crippen LogP contribution in [0, 0.1) is 0 Å². The third-order valence-electron chi connectivity index (χ3n) is 5.82. The van der Waals surface area contributed by atoms with E-state index in [1.165, 1.54) is 56.1 Å². The lowest BCUT2D eigenvalue weighted by molar-refractivity contribution is 0.0677. The van der Waals surface area contributed by atoms with Gasteiger partial charge >= 0.3 is 0 Å². The standard InChI is InChI=1S/C18H26N2O/c1-21-16-8-5-12-3-2-4-18(17(12)11-16)20-14-6-7-15(20)10-13(19)9-14/h5,8,11,13-15,18H,2-4,6-7,9-10,19H2,1H3. The molecule has 1 aromatic rings. The number of ether oxygens (including phenoxy) is 1. The van der Waals surface area contributed by atoms with Crippen LogP contribution in [0.15, 0.2) is 18.2 Å². The van der Waals surface area contributed by atoms with Gasteiger partial charge in [0.05, 0.1) is 7.11 Å². The van der Waals surface area contributed by atoms with Crippen molar-refractivity contribution in [3.63, 3.8) is 0 Å². The maximum atomic E-state index is 6.24. The van der Waals surface area contributed by atoms with Gasteiger partial charge in [-0.2, -0.15) is 0 Å². The van der Waals surface area contributed by atoms with Crippen LogP contribution in [0.1, 0.15) is 55.7 Å². The van der Waals surface area contributed by atoms with Crippen molar-refractivity contribution in [2.45, 2.75) is 69.1 Å². The fraction of sp³-hybridized carbons (Fsp3) is 0.667. The summed E-state index contributed by atoms with van der Waals surface area (Å²) in [7, 11) is 1.77. The first-order valence-electron chi connectivity index (χ1n) is 8.46. The van der Waals surface area contributed by atoms with E-state index in [2.05, 4.69) is 23.1 Å². The van der Waals surface area contributed by atoms with Gasteiger partial charge in [-0.25, -0.2) is 0 Å². The van der Waals surface area contributed by atoms with Crippen LogP contribution in [0.4, 0.5) is 0 Å². The van der Waals surface area contributed by atoms with Gasteiger partial charge in [-0.15, -0.1) is 0 Å². The monoisotopic (exact) mass is 286 g/mol. The van der Waals surface area contributed by atoms with Crippen LogP contribution < -0.4 is 10.5 Å². The second-order valence-corrected chi connectivity index (χ2v) is 7.04. The highest BCUT2D eigenvalue weighted by Crippen LogP contribution is 2.45. The molecule has 2 saturated heterocycles. The van der Waals surface area contributed by atoms with Crippen LogP contribution >= 0.6 is 0 Å². The molecule has 2 heterocycles. The number of fused-ring (bicyclic) bond motifs is 3. The highest BCUT2D eigenvalue weighted by Gasteiger charge is 2.44. The minimum Gasteiger partial charge on any atom is -0.497 e. The molecule has 3 atom stereocenters. The highest BCUT2D eigenvalue weighted by molar-refractivity contribution is 5.39. The lowest BCUT2D eigenvalue weighted by Crippen LogP contribution is -2.49. The molecule has 0 aromatic heterocycles. The Balaban J connectivity index is 1.68. The third-order valence-corrected chi connectivity index (χ3v) is 5.82. The van der Waals surface area contributed by atoms with E-state index in [-0.39, 0.29) is 0 Å². The van der Waals surface area contributed by atoms with Crippen molar-refractivity contribution in [3.05, 3.63) is 29.3 Å². The molecule has 3 aliphatic rings. The van der Waals surface area contributed by atoms with Gasteiger partial charge in [0.1, 0.15) is 5.75 Å². The molecule has 114 valence electrons. The molecule has 0 radical (unpaired) electrons. The number of methoxy groups -OCH3 is 1. The number of aryl methyl sites for hydroxylation is 1. The van der Waals surface area contributed by atoms with Crippen LogP contribution in [0.25, 0.3) is 0 Å². The van der Waals surface area contributed by atoms with E-state index in [1.54, 1.807) is 7.11 Å². The average molecular weight is 286 g/mol. The number of hydrogen-bond acceptors (Lipinski definition) is 3. The zero-order valence-electron chi connectivity index (χ0n) is 12.9. The van der Waals surface area contributed by atoms with Crippen molar-refractivity contribution in [3.8, 4) is 5.75 Å². The Kier molecular flexibility index (Phi) is 3.43. The van der Waals surface area contributed by atoms with Crippen molar-refractivity contribution >= 4 is 0 Å². The summed E-state index contributed by atoms with van der Waals surface area (Å²) in [5.74, 6) is 1.00. The second-order valence-electron chi connectivity index (χ2n) is 7.04. The zero-order chi connectivity index (χ0) is 14.4. The molecule has 21 heavy (non-hydrogen) atoms. The summed E-state index contributed by atoms with van der Waals surface area (Å²) in [6.45, 7) is 0. The maximum Gasteiger partial charge on any atom is 0.119 e. The van der Waals surface area contributed by atoms with E-state index in [9.17, 15) is 0 Å². The first-order chi connectivity index (χ1) is 10.3. The van der Waals surface area contributed by atoms with Gasteiger partial charge in [0.15, 0.2) is 0 Å². The first kappa shape index (κ1) is 13.6. The molecular weight excluding hydrogens is 260 g/mol. The van der Waals surface area contributed by atoms with Crippen LogP contribution in [0.3, 0.4) is 0 Å². The van der Waals surface area contributed by atoms with Crippen LogP contribution in [-0.2, 0) is 6.42 Å². The summed E-state index contributed by atoms with van der Waals surface area (Å²) in [4.78, 5) is 2.82. The summed E-state index contributed by atoms with van der Waals surface area (Å²) < 4.78 is 5.46. The fourth-order valence-corrected chi connectivity index (χ4v) is 4.95. The SMILES string of the molecule is COc1ccc2c(c1)C(N1C3CCC1CC(N)C3)CCC2. The van der Waals surface area contributed by atoms with Gasteiger partial charge in [-0.05, 0) is 68.2 Å². The molecule has 1 aliphatic carbocycles. The van der Waals surface area contributed by atoms with E-state index >= 15 is 0 Å². The van der Waals surface area contributed by atoms with Crippen molar-refractivity contribution in [1.82, 2.24) is 4.90 Å². The lowest BCUT2D eigenvalue weighted by Gasteiger charge is -2.45. The maximum absolute atomic E-state index is 6.24. The molecular formula is C18H26N2O. The van der Waals surface area contributed by atoms with Crippen molar-refractivity contribution in [1.29, 1.82) is 0 Å². The molecule has 0 saturated carbocycles. The number of nitrogens with two attached hydrogens (primary N) is 1. The van der Waals surface area contributed by atoms with E-state index in [0.717, 1.165) is 5.75 Å². The Morgan fingerprint density at radius 2 is 1.90 bits per heavy atom. The topological polar surface area (TPSA) is 38.5 Å². The molecule has 0 amide bonds. The Morgan fingerprint density at radius 1 is 1.14 bits per heavy atom. The first-order valence-corrected chi connectivity index (χ1v) is 8.46. The molecule has 2 fully saturated rings. The largest absolute Gasteiger partial charge is 0.497 e. The van der Waals surface area contributed by atoms with Crippen LogP contribution in [-0.4, -0.2) is 30.1 Å². The van der Waals surface area contributed by atoms with Gasteiger partial charge in [0, 0.05) is 24.2 Å². The van der Waals surface area contributed by atoms with E-state index < -0.39 is 0 Å². The molecule has 3 heteroatoms. The molecule has 3 unspecified atom stereocenters. The Labute approximate surface area is 127 Å². The van der Waals surface area contributed by atoms with Gasteiger partial charge in [-0.1, -0.05) is 6.07 Å². The molecule has 1 aromatic carbocycles. The molecule has 2 N–H and O–H groups in total. The van der Waals surface area contributed by atoms with Gasteiger partial charge in [-0.3, -0.25) is 4.90 Å². The third kappa shape index (κ3) is 2.27. The molecule has 2 aliphatic heterocycles. The summed E-state index contributed by atoms with van der Waals surface area (Å²) in [6.07, 6.45) is 8.88. The summed E-state index contributed by atoms with van der Waals surface area (Å²) in [5, 5.41) is 0. The van der Waals surface area contributed by atoms with Crippen LogP contribution in [0.5, 0.6) is 5.75 Å². The smallest absolute Gasteiger partial charge is 0.119 e. The lowest BCUT2D eigenvalue weighted by atomic mass is 9.84. The van der Waals surface area contributed by atoms with Gasteiger partial charge in [0.2, 0.25) is 0 Å². The second kappa shape index (κ2) is 5.29. The number of nitrogens with zero attached hydrogens (tertiary/aromatic N) is 1. The number of benzene rings is 1. The Bertz CT molecular complexity index is 516. The van der Waals surface area contributed by atoms with Crippen LogP contribution in [0.2, 0.25) is 0 Å². The molecule has 3 nitrogen and oxygen atoms in total. The van der Waals surface area contributed by atoms with Gasteiger partial charge in [0.25, 0.3) is 0 Å². The minimum absolute atomic E-state index is 0.423. The van der Waals surface area contributed by atoms with Crippen molar-refractivity contribution < 1.29 is 4.74 Å². The predicted octanol–water partition coefficient (Wildman–Crippen LogP) is 3.03. The quantitative estimate of drug-likeness (QED) is 0.908. The normalized spacial score (nSPS) is 35.5. The van der Waals surface area contributed by atoms with Crippen molar-refractivity contribution in [2.24, 2.45) is 5.73 Å². The zero-order valence-corrected chi connectivity index (χ0v) is 12.9. The van der Waals surface area contributed by atoms with E-state index in [1.807, 2.05) is 0 Å². The summed E-state index contributed by atoms with van der Waals surface area (Å²) in [6, 6.07) is 9.11. The molecule has 4 rings (SSSR count). The summed E-state index contributed by atoms with van der Waals surface area (Å²) >= 11 is 0. The number of piperidine rings is 1. The highest BCUT2D eigenvalue weighted by atomic mass is 16.5. The fourth-order valence-electron chi connectivity index (χ4n) is 4.95. The predicted molar refractivity (Wildman–Crippen MR) is 84.5 cm³/mol. The van der Waals surface area contributed by atoms with E-state index in [0.29, 0.717) is 24.2 Å². The Morgan fingerprint density at radius 3 is 2.62 bits per heavy atom. The van der Waals surface area contributed by atoms with E-state index in [4.69, 9.17) is 10.5 Å².